The molecule has 3 nitrogen and oxygen atoms in total. The van der Waals surface area contributed by atoms with Crippen LogP contribution < -0.4 is 0 Å². The molecule has 4 heteroatoms. The van der Waals surface area contributed by atoms with Crippen LogP contribution in [0.1, 0.15) is 16.7 Å². The third-order valence-electron chi connectivity index (χ3n) is 3.78. The molecule has 0 fully saturated rings. The first kappa shape index (κ1) is 14.7. The van der Waals surface area contributed by atoms with Crippen molar-refractivity contribution in [1.82, 2.24) is 4.98 Å². The number of benzene rings is 2. The summed E-state index contributed by atoms with van der Waals surface area (Å²) in [6.45, 7) is 4.04. The number of aliphatic carboxylic acids is 1. The quantitative estimate of drug-likeness (QED) is 0.734. The predicted molar refractivity (Wildman–Crippen MR) is 89.6 cm³/mol. The van der Waals surface area contributed by atoms with Gasteiger partial charge < -0.3 is 10.1 Å². The van der Waals surface area contributed by atoms with Crippen LogP contribution >= 0.6 is 11.6 Å². The number of aromatic nitrogens is 1. The highest BCUT2D eigenvalue weighted by atomic mass is 35.5. The number of H-pyrrole nitrogens is 1. The number of aromatic amines is 1. The van der Waals surface area contributed by atoms with E-state index in [4.69, 9.17) is 11.6 Å². The van der Waals surface area contributed by atoms with E-state index in [1.807, 2.05) is 38.1 Å². The van der Waals surface area contributed by atoms with Gasteiger partial charge in [0.1, 0.15) is 0 Å². The van der Waals surface area contributed by atoms with Crippen LogP contribution in [0.5, 0.6) is 0 Å². The van der Waals surface area contributed by atoms with E-state index in [0.29, 0.717) is 5.02 Å². The van der Waals surface area contributed by atoms with Crippen molar-refractivity contribution in [2.75, 3.05) is 0 Å². The van der Waals surface area contributed by atoms with E-state index in [2.05, 4.69) is 11.1 Å². The number of hydrogen-bond donors (Lipinski definition) is 2. The lowest BCUT2D eigenvalue weighted by atomic mass is 9.99. The third-order valence-corrected chi connectivity index (χ3v) is 4.02. The maximum absolute atomic E-state index is 11.3. The van der Waals surface area contributed by atoms with Crippen molar-refractivity contribution >= 4 is 28.5 Å². The summed E-state index contributed by atoms with van der Waals surface area (Å²) in [5.41, 5.74) is 5.72. The molecule has 0 unspecified atom stereocenters. The molecule has 0 aliphatic carbocycles. The molecule has 3 rings (SSSR count). The first-order chi connectivity index (χ1) is 10.5. The molecule has 0 aliphatic rings. The van der Waals surface area contributed by atoms with Crippen LogP contribution in [0, 0.1) is 13.8 Å². The zero-order chi connectivity index (χ0) is 15.9. The molecule has 2 N–H and O–H groups in total. The summed E-state index contributed by atoms with van der Waals surface area (Å²) in [6.07, 6.45) is -0.0221. The molecule has 1 aromatic heterocycles. The lowest BCUT2D eigenvalue weighted by molar-refractivity contribution is -0.136. The molecule has 0 atom stereocenters. The van der Waals surface area contributed by atoms with Crippen molar-refractivity contribution in [3.63, 3.8) is 0 Å². The van der Waals surface area contributed by atoms with Crippen LogP contribution in [0.25, 0.3) is 22.2 Å². The fourth-order valence-electron chi connectivity index (χ4n) is 3.02. The topological polar surface area (TPSA) is 53.1 Å². The van der Waals surface area contributed by atoms with Gasteiger partial charge in [0.25, 0.3) is 0 Å². The van der Waals surface area contributed by atoms with E-state index in [1.165, 1.54) is 0 Å². The highest BCUT2D eigenvalue weighted by Crippen LogP contribution is 2.34. The Morgan fingerprint density at radius 2 is 2.00 bits per heavy atom. The van der Waals surface area contributed by atoms with Crippen molar-refractivity contribution in [2.45, 2.75) is 20.3 Å². The van der Waals surface area contributed by atoms with Crippen molar-refractivity contribution in [1.29, 1.82) is 0 Å². The number of rotatable bonds is 3. The van der Waals surface area contributed by atoms with E-state index in [9.17, 15) is 9.90 Å². The molecular formula is C18H16ClNO2. The Morgan fingerprint density at radius 3 is 2.68 bits per heavy atom. The molecule has 0 bridgehead atoms. The van der Waals surface area contributed by atoms with E-state index in [-0.39, 0.29) is 6.42 Å². The minimum atomic E-state index is -0.843. The van der Waals surface area contributed by atoms with Gasteiger partial charge in [0.05, 0.1) is 12.1 Å². The van der Waals surface area contributed by atoms with Gasteiger partial charge in [-0.25, -0.2) is 0 Å². The second kappa shape index (κ2) is 5.50. The molecule has 0 spiro atoms. The van der Waals surface area contributed by atoms with Gasteiger partial charge in [-0.2, -0.15) is 0 Å². The summed E-state index contributed by atoms with van der Waals surface area (Å²) in [5, 5.41) is 10.9. The van der Waals surface area contributed by atoms with E-state index in [1.54, 1.807) is 6.07 Å². The van der Waals surface area contributed by atoms with Gasteiger partial charge in [-0.3, -0.25) is 4.79 Å². The Balaban J connectivity index is 2.33. The summed E-state index contributed by atoms with van der Waals surface area (Å²) in [5.74, 6) is -0.843. The van der Waals surface area contributed by atoms with E-state index >= 15 is 0 Å². The van der Waals surface area contributed by atoms with Crippen LogP contribution in [-0.2, 0) is 11.2 Å². The lowest BCUT2D eigenvalue weighted by Crippen LogP contribution is -2.01. The van der Waals surface area contributed by atoms with Crippen LogP contribution in [-0.4, -0.2) is 16.1 Å². The molecule has 3 aromatic rings. The number of fused-ring (bicyclic) bond motifs is 1. The molecule has 22 heavy (non-hydrogen) atoms. The fourth-order valence-corrected chi connectivity index (χ4v) is 3.21. The molecule has 0 saturated carbocycles. The van der Waals surface area contributed by atoms with Gasteiger partial charge in [-0.05, 0) is 54.3 Å². The number of hydrogen-bond acceptors (Lipinski definition) is 1. The van der Waals surface area contributed by atoms with Crippen molar-refractivity contribution in [3.8, 4) is 11.3 Å². The third kappa shape index (κ3) is 2.60. The normalized spacial score (nSPS) is 11.0. The van der Waals surface area contributed by atoms with Crippen LogP contribution in [0.2, 0.25) is 5.02 Å². The monoisotopic (exact) mass is 313 g/mol. The Hall–Kier alpha value is -2.26. The number of carboxylic acid groups (broad SMARTS) is 1. The first-order valence-corrected chi connectivity index (χ1v) is 7.43. The van der Waals surface area contributed by atoms with Crippen LogP contribution in [0.4, 0.5) is 0 Å². The standard InChI is InChI=1S/C18H16ClNO2/c1-10-6-11(2)17-14(9-16(21)22)18(20-15(17)7-10)12-4-3-5-13(19)8-12/h3-8,20H,9H2,1-2H3,(H,21,22). The molecule has 0 aliphatic heterocycles. The second-order valence-corrected chi connectivity index (χ2v) is 6.00. The Kier molecular flexibility index (Phi) is 3.67. The fraction of sp³-hybridized carbons (Fsp3) is 0.167. The summed E-state index contributed by atoms with van der Waals surface area (Å²) in [6, 6.07) is 11.6. The highest BCUT2D eigenvalue weighted by Gasteiger charge is 2.17. The van der Waals surface area contributed by atoms with Crippen molar-refractivity contribution in [3.05, 3.63) is 58.1 Å². The van der Waals surface area contributed by atoms with Gasteiger partial charge >= 0.3 is 5.97 Å². The number of carbonyl (C=O) groups is 1. The van der Waals surface area contributed by atoms with Gasteiger partial charge in [0, 0.05) is 15.9 Å². The minimum absolute atomic E-state index is 0.0221. The molecule has 2 aromatic carbocycles. The number of halogens is 1. The molecule has 0 saturated heterocycles. The van der Waals surface area contributed by atoms with Gasteiger partial charge in [0.2, 0.25) is 0 Å². The maximum Gasteiger partial charge on any atom is 0.307 e. The number of aryl methyl sites for hydroxylation is 2. The molecule has 0 radical (unpaired) electrons. The second-order valence-electron chi connectivity index (χ2n) is 5.56. The zero-order valence-corrected chi connectivity index (χ0v) is 13.2. The largest absolute Gasteiger partial charge is 0.481 e. The molecule has 0 amide bonds. The van der Waals surface area contributed by atoms with Gasteiger partial charge in [0.15, 0.2) is 0 Å². The maximum atomic E-state index is 11.3. The highest BCUT2D eigenvalue weighted by molar-refractivity contribution is 6.30. The van der Waals surface area contributed by atoms with Crippen molar-refractivity contribution in [2.24, 2.45) is 0 Å². The summed E-state index contributed by atoms with van der Waals surface area (Å²) in [7, 11) is 0. The van der Waals surface area contributed by atoms with Crippen LogP contribution in [0.15, 0.2) is 36.4 Å². The summed E-state index contributed by atoms with van der Waals surface area (Å²) < 4.78 is 0. The summed E-state index contributed by atoms with van der Waals surface area (Å²) >= 11 is 6.08. The Morgan fingerprint density at radius 1 is 1.23 bits per heavy atom. The van der Waals surface area contributed by atoms with E-state index < -0.39 is 5.97 Å². The SMILES string of the molecule is Cc1cc(C)c2c(CC(=O)O)c(-c3cccc(Cl)c3)[nH]c2c1. The Labute approximate surface area is 133 Å². The predicted octanol–water partition coefficient (Wildman–Crippen LogP) is 4.73. The molecule has 112 valence electrons. The number of nitrogens with one attached hydrogen (secondary N) is 1. The first-order valence-electron chi connectivity index (χ1n) is 7.05. The summed E-state index contributed by atoms with van der Waals surface area (Å²) in [4.78, 5) is 14.7. The van der Waals surface area contributed by atoms with Crippen molar-refractivity contribution < 1.29 is 9.90 Å². The zero-order valence-electron chi connectivity index (χ0n) is 12.4. The average Bonchev–Trinajstić information content (AvgIpc) is 2.76. The van der Waals surface area contributed by atoms with Gasteiger partial charge in [-0.15, -0.1) is 0 Å². The van der Waals surface area contributed by atoms with Crippen LogP contribution in [0.3, 0.4) is 0 Å². The Bertz CT molecular complexity index is 880. The number of carboxylic acids is 1. The smallest absolute Gasteiger partial charge is 0.307 e. The minimum Gasteiger partial charge on any atom is -0.481 e. The lowest BCUT2D eigenvalue weighted by Gasteiger charge is -2.05. The molecular weight excluding hydrogens is 298 g/mol. The average molecular weight is 314 g/mol. The van der Waals surface area contributed by atoms with Gasteiger partial charge in [-0.1, -0.05) is 29.8 Å². The molecule has 1 heterocycles. The van der Waals surface area contributed by atoms with E-state index in [0.717, 1.165) is 38.9 Å².